The minimum atomic E-state index is -4.48. The molecule has 134 valence electrons. The maximum Gasteiger partial charge on any atom is 0.418 e. The Balaban J connectivity index is 2.03. The molecule has 5 nitrogen and oxygen atoms in total. The van der Waals surface area contributed by atoms with Gasteiger partial charge in [-0.05, 0) is 18.6 Å². The minimum absolute atomic E-state index is 0.0146. The summed E-state index contributed by atoms with van der Waals surface area (Å²) >= 11 is 0. The van der Waals surface area contributed by atoms with E-state index >= 15 is 0 Å². The molecule has 0 spiro atoms. The summed E-state index contributed by atoms with van der Waals surface area (Å²) in [6.45, 7) is 2.63. The number of para-hydroxylation sites is 1. The largest absolute Gasteiger partial charge is 0.418 e. The number of aromatic nitrogens is 2. The Morgan fingerprint density at radius 1 is 1.12 bits per heavy atom. The van der Waals surface area contributed by atoms with E-state index in [-0.39, 0.29) is 23.1 Å². The number of hydrogen-bond donors (Lipinski definition) is 2. The Bertz CT molecular complexity index is 702. The van der Waals surface area contributed by atoms with Crippen LogP contribution in [0.4, 0.5) is 24.8 Å². The fourth-order valence-electron chi connectivity index (χ4n) is 2.15. The number of carbonyl (C=O) groups excluding carboxylic acids is 1. The third-order valence-electron chi connectivity index (χ3n) is 3.46. The molecule has 1 heterocycles. The number of hydrogen-bond acceptors (Lipinski definition) is 4. The highest BCUT2D eigenvalue weighted by Crippen LogP contribution is 2.35. The van der Waals surface area contributed by atoms with Gasteiger partial charge in [-0.3, -0.25) is 4.79 Å². The molecule has 0 saturated carbocycles. The summed E-state index contributed by atoms with van der Waals surface area (Å²) in [5.74, 6) is -0.322. The predicted molar refractivity (Wildman–Crippen MR) is 88.6 cm³/mol. The Morgan fingerprint density at radius 3 is 2.44 bits per heavy atom. The van der Waals surface area contributed by atoms with Crippen LogP contribution in [0.25, 0.3) is 0 Å². The van der Waals surface area contributed by atoms with Gasteiger partial charge in [-0.2, -0.15) is 13.2 Å². The SMILES string of the molecule is CCCCCNC(=O)c1cnc(Nc2ccccc2C(F)(F)F)nc1. The number of amides is 1. The van der Waals surface area contributed by atoms with Crippen LogP contribution in [0.1, 0.15) is 42.1 Å². The molecule has 25 heavy (non-hydrogen) atoms. The van der Waals surface area contributed by atoms with Crippen LogP contribution >= 0.6 is 0 Å². The Hall–Kier alpha value is -2.64. The molecular formula is C17H19F3N4O. The molecule has 2 N–H and O–H groups in total. The lowest BCUT2D eigenvalue weighted by Gasteiger charge is -2.13. The van der Waals surface area contributed by atoms with Gasteiger partial charge < -0.3 is 10.6 Å². The smallest absolute Gasteiger partial charge is 0.352 e. The topological polar surface area (TPSA) is 66.9 Å². The average molecular weight is 352 g/mol. The zero-order chi connectivity index (χ0) is 18.3. The minimum Gasteiger partial charge on any atom is -0.352 e. The molecule has 1 aromatic carbocycles. The molecule has 1 amide bonds. The van der Waals surface area contributed by atoms with E-state index in [1.165, 1.54) is 30.6 Å². The Morgan fingerprint density at radius 2 is 1.80 bits per heavy atom. The summed E-state index contributed by atoms with van der Waals surface area (Å²) < 4.78 is 38.9. The van der Waals surface area contributed by atoms with Crippen LogP contribution in [0.5, 0.6) is 0 Å². The normalized spacial score (nSPS) is 11.2. The highest BCUT2D eigenvalue weighted by Gasteiger charge is 2.33. The molecule has 0 bridgehead atoms. The van der Waals surface area contributed by atoms with Crippen LogP contribution in [0.2, 0.25) is 0 Å². The molecule has 0 atom stereocenters. The van der Waals surface area contributed by atoms with Crippen molar-refractivity contribution in [2.45, 2.75) is 32.4 Å². The summed E-state index contributed by atoms with van der Waals surface area (Å²) in [5, 5.41) is 5.28. The zero-order valence-electron chi connectivity index (χ0n) is 13.7. The number of alkyl halides is 3. The second-order valence-corrected chi connectivity index (χ2v) is 5.43. The highest BCUT2D eigenvalue weighted by atomic mass is 19.4. The second-order valence-electron chi connectivity index (χ2n) is 5.43. The first-order valence-electron chi connectivity index (χ1n) is 7.95. The molecule has 0 fully saturated rings. The highest BCUT2D eigenvalue weighted by molar-refractivity contribution is 5.93. The van der Waals surface area contributed by atoms with Crippen molar-refractivity contribution in [1.82, 2.24) is 15.3 Å². The van der Waals surface area contributed by atoms with Crippen molar-refractivity contribution < 1.29 is 18.0 Å². The zero-order valence-corrected chi connectivity index (χ0v) is 13.7. The van der Waals surface area contributed by atoms with E-state index in [4.69, 9.17) is 0 Å². The molecule has 0 radical (unpaired) electrons. The van der Waals surface area contributed by atoms with Gasteiger partial charge in [0.05, 0.1) is 16.8 Å². The third kappa shape index (κ3) is 5.44. The lowest BCUT2D eigenvalue weighted by Crippen LogP contribution is -2.24. The molecule has 0 aliphatic carbocycles. The van der Waals surface area contributed by atoms with Crippen LogP contribution in [0.15, 0.2) is 36.7 Å². The first kappa shape index (κ1) is 18.7. The lowest BCUT2D eigenvalue weighted by atomic mass is 10.1. The van der Waals surface area contributed by atoms with Gasteiger partial charge in [0.25, 0.3) is 5.91 Å². The maximum absolute atomic E-state index is 13.0. The number of benzene rings is 1. The van der Waals surface area contributed by atoms with Gasteiger partial charge in [-0.25, -0.2) is 9.97 Å². The third-order valence-corrected chi connectivity index (χ3v) is 3.46. The molecule has 1 aromatic heterocycles. The van der Waals surface area contributed by atoms with Gasteiger partial charge >= 0.3 is 6.18 Å². The number of nitrogens with zero attached hydrogens (tertiary/aromatic N) is 2. The summed E-state index contributed by atoms with van der Waals surface area (Å²) in [7, 11) is 0. The van der Waals surface area contributed by atoms with Crippen LogP contribution in [0.3, 0.4) is 0 Å². The van der Waals surface area contributed by atoms with Crippen molar-refractivity contribution in [3.8, 4) is 0 Å². The number of unbranched alkanes of at least 4 members (excludes halogenated alkanes) is 2. The van der Waals surface area contributed by atoms with E-state index in [9.17, 15) is 18.0 Å². The van der Waals surface area contributed by atoms with Crippen LogP contribution < -0.4 is 10.6 Å². The number of halogens is 3. The van der Waals surface area contributed by atoms with Crippen LogP contribution in [-0.4, -0.2) is 22.4 Å². The average Bonchev–Trinajstić information content (AvgIpc) is 2.59. The van der Waals surface area contributed by atoms with Crippen molar-refractivity contribution in [3.05, 3.63) is 47.8 Å². The number of rotatable bonds is 7. The fraction of sp³-hybridized carbons (Fsp3) is 0.353. The molecule has 2 aromatic rings. The molecule has 0 aliphatic rings. The van der Waals surface area contributed by atoms with Gasteiger partial charge in [-0.15, -0.1) is 0 Å². The van der Waals surface area contributed by atoms with Crippen molar-refractivity contribution in [1.29, 1.82) is 0 Å². The lowest BCUT2D eigenvalue weighted by molar-refractivity contribution is -0.136. The maximum atomic E-state index is 13.0. The predicted octanol–water partition coefficient (Wildman–Crippen LogP) is 4.16. The van der Waals surface area contributed by atoms with Gasteiger partial charge in [0.2, 0.25) is 5.95 Å². The van der Waals surface area contributed by atoms with E-state index in [1.807, 2.05) is 0 Å². The number of carbonyl (C=O) groups is 1. The van der Waals surface area contributed by atoms with Crippen molar-refractivity contribution in [2.24, 2.45) is 0 Å². The van der Waals surface area contributed by atoms with E-state index in [2.05, 4.69) is 27.5 Å². The van der Waals surface area contributed by atoms with E-state index in [1.54, 1.807) is 0 Å². The Labute approximate surface area is 143 Å². The summed E-state index contributed by atoms with van der Waals surface area (Å²) in [5.41, 5.74) is -0.700. The Kier molecular flexibility index (Phi) is 6.32. The van der Waals surface area contributed by atoms with Crippen LogP contribution in [0, 0.1) is 0 Å². The number of nitrogens with one attached hydrogen (secondary N) is 2. The molecule has 0 saturated heterocycles. The fourth-order valence-corrected chi connectivity index (χ4v) is 2.15. The van der Waals surface area contributed by atoms with Gasteiger partial charge in [0.1, 0.15) is 0 Å². The standard InChI is InChI=1S/C17H19F3N4O/c1-2-3-6-9-21-15(25)12-10-22-16(23-11-12)24-14-8-5-4-7-13(14)17(18,19)20/h4-5,7-8,10-11H,2-3,6,9H2,1H3,(H,21,25)(H,22,23,24). The quantitative estimate of drug-likeness (QED) is 0.735. The summed E-state index contributed by atoms with van der Waals surface area (Å²) in [6.07, 6.45) is 1.04. The molecular weight excluding hydrogens is 333 g/mol. The second kappa shape index (κ2) is 8.46. The van der Waals surface area contributed by atoms with Crippen molar-refractivity contribution >= 4 is 17.5 Å². The molecule has 2 rings (SSSR count). The molecule has 0 aliphatic heterocycles. The van der Waals surface area contributed by atoms with Gasteiger partial charge in [-0.1, -0.05) is 31.9 Å². The molecule has 8 heteroatoms. The van der Waals surface area contributed by atoms with Crippen molar-refractivity contribution in [2.75, 3.05) is 11.9 Å². The van der Waals surface area contributed by atoms with E-state index < -0.39 is 11.7 Å². The van der Waals surface area contributed by atoms with E-state index in [0.29, 0.717) is 6.54 Å². The number of anilines is 2. The molecule has 0 unspecified atom stereocenters. The van der Waals surface area contributed by atoms with E-state index in [0.717, 1.165) is 25.3 Å². The monoisotopic (exact) mass is 352 g/mol. The van der Waals surface area contributed by atoms with Gasteiger partial charge in [0.15, 0.2) is 0 Å². The first-order valence-corrected chi connectivity index (χ1v) is 7.95. The first-order chi connectivity index (χ1) is 11.9. The van der Waals surface area contributed by atoms with Gasteiger partial charge in [0, 0.05) is 18.9 Å². The van der Waals surface area contributed by atoms with Crippen molar-refractivity contribution in [3.63, 3.8) is 0 Å². The summed E-state index contributed by atoms with van der Waals surface area (Å²) in [6, 6.07) is 5.05. The summed E-state index contributed by atoms with van der Waals surface area (Å²) in [4.78, 5) is 19.7. The van der Waals surface area contributed by atoms with Crippen LogP contribution in [-0.2, 0) is 6.18 Å².